The number of halogens is 3. The minimum absolute atomic E-state index is 0.0838. The second-order valence-electron chi connectivity index (χ2n) is 9.63. The van der Waals surface area contributed by atoms with E-state index in [1.165, 1.54) is 0 Å². The Hall–Kier alpha value is -2.68. The van der Waals surface area contributed by atoms with Gasteiger partial charge in [-0.05, 0) is 57.2 Å². The fourth-order valence-electron chi connectivity index (χ4n) is 5.22. The van der Waals surface area contributed by atoms with Crippen LogP contribution in [0.25, 0.3) is 10.9 Å². The lowest BCUT2D eigenvalue weighted by Crippen LogP contribution is -2.84. The summed E-state index contributed by atoms with van der Waals surface area (Å²) in [7, 11) is 0. The van der Waals surface area contributed by atoms with E-state index in [0.717, 1.165) is 16.5 Å². The number of nitrogens with zero attached hydrogens (tertiary/aromatic N) is 1. The van der Waals surface area contributed by atoms with E-state index in [-0.39, 0.29) is 42.3 Å². The van der Waals surface area contributed by atoms with E-state index in [9.17, 15) is 22.8 Å². The summed E-state index contributed by atoms with van der Waals surface area (Å²) < 4.78 is 42.8. The Bertz CT molecular complexity index is 1080. The summed E-state index contributed by atoms with van der Waals surface area (Å²) in [5, 5.41) is 6.94. The minimum Gasteiger partial charge on any atom is -0.368 e. The van der Waals surface area contributed by atoms with Crippen molar-refractivity contribution in [3.63, 3.8) is 0 Å². The molecule has 9 heteroatoms. The molecule has 32 heavy (non-hydrogen) atoms. The molecule has 0 atom stereocenters. The highest BCUT2D eigenvalue weighted by Crippen LogP contribution is 2.60. The van der Waals surface area contributed by atoms with Gasteiger partial charge in [-0.2, -0.15) is 13.2 Å². The second-order valence-corrected chi connectivity index (χ2v) is 9.63. The molecule has 170 valence electrons. The number of alkyl halides is 3. The zero-order valence-electron chi connectivity index (χ0n) is 17.6. The van der Waals surface area contributed by atoms with Crippen LogP contribution in [0.5, 0.6) is 0 Å². The quantitative estimate of drug-likeness (QED) is 0.711. The van der Waals surface area contributed by atoms with Gasteiger partial charge in [-0.3, -0.25) is 9.59 Å². The van der Waals surface area contributed by atoms with Crippen LogP contribution < -0.4 is 10.6 Å². The predicted octanol–water partition coefficient (Wildman–Crippen LogP) is 3.42. The standard InChI is InChI=1S/C23H24F3N3O3/c1-13-2-4-17-14(6-13)3-5-18(27-17)20(31)29-22-10-21(11-22,12-22)28-19(30)9-32-16-7-15(8-16)23(24,25)26/h2-6,15-16H,7-12H2,1H3,(H,28,30)(H,29,31)/t15-,16+,21?,22?. The number of rotatable bonds is 6. The van der Waals surface area contributed by atoms with Crippen LogP contribution in [0.3, 0.4) is 0 Å². The molecule has 0 radical (unpaired) electrons. The van der Waals surface area contributed by atoms with Crippen molar-refractivity contribution in [2.75, 3.05) is 6.61 Å². The van der Waals surface area contributed by atoms with Gasteiger partial charge >= 0.3 is 6.18 Å². The molecule has 2 N–H and O–H groups in total. The monoisotopic (exact) mass is 447 g/mol. The summed E-state index contributed by atoms with van der Waals surface area (Å²) in [6, 6.07) is 9.45. The molecule has 4 aliphatic rings. The fraction of sp³-hybridized carbons (Fsp3) is 0.522. The van der Waals surface area contributed by atoms with Crippen LogP contribution in [-0.4, -0.2) is 46.8 Å². The number of aryl methyl sites for hydroxylation is 1. The van der Waals surface area contributed by atoms with Gasteiger partial charge in [0.1, 0.15) is 12.3 Å². The third kappa shape index (κ3) is 3.83. The Balaban J connectivity index is 1.07. The first-order chi connectivity index (χ1) is 15.0. The molecule has 2 amide bonds. The van der Waals surface area contributed by atoms with Gasteiger partial charge in [0.25, 0.3) is 5.91 Å². The average molecular weight is 447 g/mol. The molecular weight excluding hydrogens is 423 g/mol. The third-order valence-electron chi connectivity index (χ3n) is 6.90. The summed E-state index contributed by atoms with van der Waals surface area (Å²) in [6.45, 7) is 1.76. The molecule has 6 nitrogen and oxygen atoms in total. The number of aromatic nitrogens is 1. The summed E-state index contributed by atoms with van der Waals surface area (Å²) >= 11 is 0. The highest BCUT2D eigenvalue weighted by molar-refractivity contribution is 5.95. The van der Waals surface area contributed by atoms with E-state index in [2.05, 4.69) is 15.6 Å². The lowest BCUT2D eigenvalue weighted by molar-refractivity contribution is -0.220. The maximum atomic E-state index is 12.7. The second kappa shape index (κ2) is 7.16. The minimum atomic E-state index is -4.19. The summed E-state index contributed by atoms with van der Waals surface area (Å²) in [4.78, 5) is 29.3. The van der Waals surface area contributed by atoms with Crippen LogP contribution in [0.15, 0.2) is 30.3 Å². The van der Waals surface area contributed by atoms with Crippen molar-refractivity contribution in [1.29, 1.82) is 0 Å². The van der Waals surface area contributed by atoms with Crippen LogP contribution in [0.4, 0.5) is 13.2 Å². The number of fused-ring (bicyclic) bond motifs is 1. The number of hydrogen-bond acceptors (Lipinski definition) is 4. The molecule has 0 spiro atoms. The van der Waals surface area contributed by atoms with Gasteiger partial charge in [0.2, 0.25) is 5.91 Å². The molecule has 0 aliphatic heterocycles. The van der Waals surface area contributed by atoms with Gasteiger partial charge in [0.15, 0.2) is 0 Å². The van der Waals surface area contributed by atoms with E-state index >= 15 is 0 Å². The molecule has 1 aromatic carbocycles. The van der Waals surface area contributed by atoms with Crippen LogP contribution >= 0.6 is 0 Å². The van der Waals surface area contributed by atoms with Gasteiger partial charge in [-0.15, -0.1) is 0 Å². The maximum absolute atomic E-state index is 12.7. The summed E-state index contributed by atoms with van der Waals surface area (Å²) in [6.07, 6.45) is -2.98. The zero-order valence-corrected chi connectivity index (χ0v) is 17.6. The number of benzene rings is 1. The first kappa shape index (κ1) is 21.2. The van der Waals surface area contributed by atoms with Crippen molar-refractivity contribution in [2.24, 2.45) is 5.92 Å². The highest BCUT2D eigenvalue weighted by Gasteiger charge is 2.69. The van der Waals surface area contributed by atoms with E-state index in [1.807, 2.05) is 31.2 Å². The Kier molecular flexibility index (Phi) is 4.74. The van der Waals surface area contributed by atoms with Gasteiger partial charge in [-0.1, -0.05) is 17.7 Å². The molecule has 6 rings (SSSR count). The number of carbonyl (C=O) groups is 2. The van der Waals surface area contributed by atoms with Crippen LogP contribution in [0, 0.1) is 12.8 Å². The van der Waals surface area contributed by atoms with Crippen molar-refractivity contribution in [3.8, 4) is 0 Å². The lowest BCUT2D eigenvalue weighted by atomic mass is 9.44. The molecule has 1 aromatic heterocycles. The van der Waals surface area contributed by atoms with E-state index in [1.54, 1.807) is 6.07 Å². The van der Waals surface area contributed by atoms with Crippen molar-refractivity contribution >= 4 is 22.7 Å². The Morgan fingerprint density at radius 1 is 1.09 bits per heavy atom. The Morgan fingerprint density at radius 2 is 1.78 bits per heavy atom. The largest absolute Gasteiger partial charge is 0.392 e. The van der Waals surface area contributed by atoms with Crippen molar-refractivity contribution < 1.29 is 27.5 Å². The molecule has 2 bridgehead atoms. The lowest BCUT2D eigenvalue weighted by Gasteiger charge is -2.70. The summed E-state index contributed by atoms with van der Waals surface area (Å²) in [5.74, 6) is -1.89. The molecule has 1 heterocycles. The topological polar surface area (TPSA) is 80.3 Å². The first-order valence-corrected chi connectivity index (χ1v) is 10.7. The van der Waals surface area contributed by atoms with Crippen molar-refractivity contribution in [2.45, 2.75) is 62.4 Å². The molecule has 0 unspecified atom stereocenters. The number of hydrogen-bond donors (Lipinski definition) is 2. The smallest absolute Gasteiger partial charge is 0.368 e. The third-order valence-corrected chi connectivity index (χ3v) is 6.90. The highest BCUT2D eigenvalue weighted by atomic mass is 19.4. The molecule has 4 fully saturated rings. The van der Waals surface area contributed by atoms with Crippen molar-refractivity contribution in [1.82, 2.24) is 15.6 Å². The van der Waals surface area contributed by atoms with Crippen LogP contribution in [-0.2, 0) is 9.53 Å². The number of amides is 2. The van der Waals surface area contributed by atoms with E-state index in [0.29, 0.717) is 25.0 Å². The van der Waals surface area contributed by atoms with Crippen molar-refractivity contribution in [3.05, 3.63) is 41.6 Å². The molecule has 4 aliphatic carbocycles. The van der Waals surface area contributed by atoms with Gasteiger partial charge in [0.05, 0.1) is 17.5 Å². The van der Waals surface area contributed by atoms with E-state index < -0.39 is 18.2 Å². The number of nitrogens with one attached hydrogen (secondary N) is 2. The Morgan fingerprint density at radius 3 is 2.47 bits per heavy atom. The molecular formula is C23H24F3N3O3. The van der Waals surface area contributed by atoms with Crippen LogP contribution in [0.1, 0.15) is 48.2 Å². The summed E-state index contributed by atoms with van der Waals surface area (Å²) in [5.41, 5.74) is 1.56. The number of pyridine rings is 1. The van der Waals surface area contributed by atoms with Gasteiger partial charge < -0.3 is 15.4 Å². The normalized spacial score (nSPS) is 30.6. The van der Waals surface area contributed by atoms with Crippen LogP contribution in [0.2, 0.25) is 0 Å². The average Bonchev–Trinajstić information content (AvgIpc) is 2.62. The number of ether oxygens (including phenoxy) is 1. The predicted molar refractivity (Wildman–Crippen MR) is 110 cm³/mol. The molecule has 0 saturated heterocycles. The molecule has 2 aromatic rings. The van der Waals surface area contributed by atoms with E-state index in [4.69, 9.17) is 4.74 Å². The fourth-order valence-corrected chi connectivity index (χ4v) is 5.22. The molecule has 4 saturated carbocycles. The Labute approximate surface area is 182 Å². The zero-order chi connectivity index (χ0) is 22.7. The SMILES string of the molecule is Cc1ccc2nc(C(=O)NC34CC(NC(=O)CO[C@H]5C[C@@H](C(F)(F)F)C5)(C3)C4)ccc2c1. The maximum Gasteiger partial charge on any atom is 0.392 e. The van der Waals surface area contributed by atoms with Gasteiger partial charge in [0, 0.05) is 16.5 Å². The van der Waals surface area contributed by atoms with Gasteiger partial charge in [-0.25, -0.2) is 4.98 Å². The first-order valence-electron chi connectivity index (χ1n) is 10.7. The number of carbonyl (C=O) groups excluding carboxylic acids is 2.